The highest BCUT2D eigenvalue weighted by atomic mass is 35.5. The Kier molecular flexibility index (Phi) is 5.46. The molecule has 0 saturated heterocycles. The second-order valence-corrected chi connectivity index (χ2v) is 5.13. The van der Waals surface area contributed by atoms with Gasteiger partial charge in [0, 0.05) is 11.8 Å². The molecule has 1 amide bonds. The van der Waals surface area contributed by atoms with E-state index in [1.54, 1.807) is 30.0 Å². The van der Waals surface area contributed by atoms with E-state index in [1.165, 1.54) is 0 Å². The third kappa shape index (κ3) is 3.58. The summed E-state index contributed by atoms with van der Waals surface area (Å²) in [7, 11) is 0. The fourth-order valence-corrected chi connectivity index (χ4v) is 2.24. The van der Waals surface area contributed by atoms with Crippen LogP contribution in [0.1, 0.15) is 17.3 Å². The van der Waals surface area contributed by atoms with Gasteiger partial charge >= 0.3 is 0 Å². The van der Waals surface area contributed by atoms with Gasteiger partial charge in [0.1, 0.15) is 0 Å². The second kappa shape index (κ2) is 6.38. The minimum absolute atomic E-state index is 0.109. The van der Waals surface area contributed by atoms with Gasteiger partial charge in [0.2, 0.25) is 0 Å². The molecule has 16 heavy (non-hydrogen) atoms. The molecule has 1 rings (SSSR count). The predicted octanol–water partition coefficient (Wildman–Crippen LogP) is 3.47. The molecule has 1 aromatic rings. The molecule has 5 heteroatoms. The third-order valence-electron chi connectivity index (χ3n) is 1.99. The van der Waals surface area contributed by atoms with Crippen molar-refractivity contribution in [3.05, 3.63) is 33.8 Å². The summed E-state index contributed by atoms with van der Waals surface area (Å²) in [4.78, 5) is 11.8. The molecule has 88 valence electrons. The van der Waals surface area contributed by atoms with E-state index in [9.17, 15) is 4.79 Å². The maximum Gasteiger partial charge on any atom is 0.253 e. The average Bonchev–Trinajstić information content (AvgIpc) is 2.22. The van der Waals surface area contributed by atoms with Crippen LogP contribution >= 0.6 is 35.0 Å². The predicted molar refractivity (Wildman–Crippen MR) is 71.8 cm³/mol. The van der Waals surface area contributed by atoms with Crippen molar-refractivity contribution in [2.45, 2.75) is 13.0 Å². The normalized spacial score (nSPS) is 12.2. The molecule has 0 aliphatic heterocycles. The summed E-state index contributed by atoms with van der Waals surface area (Å²) >= 11 is 13.5. The number of rotatable bonds is 4. The van der Waals surface area contributed by atoms with Gasteiger partial charge in [-0.25, -0.2) is 0 Å². The lowest BCUT2D eigenvalue weighted by Crippen LogP contribution is -2.34. The van der Waals surface area contributed by atoms with Crippen LogP contribution in [0.25, 0.3) is 0 Å². The minimum Gasteiger partial charge on any atom is -0.349 e. The van der Waals surface area contributed by atoms with Crippen molar-refractivity contribution in [3.63, 3.8) is 0 Å². The zero-order valence-electron chi connectivity index (χ0n) is 9.09. The third-order valence-corrected chi connectivity index (χ3v) is 3.64. The molecule has 1 aromatic carbocycles. The molecule has 0 heterocycles. The zero-order valence-corrected chi connectivity index (χ0v) is 11.4. The summed E-state index contributed by atoms with van der Waals surface area (Å²) in [6.45, 7) is 1.95. The van der Waals surface area contributed by atoms with Gasteiger partial charge < -0.3 is 5.32 Å². The quantitative estimate of drug-likeness (QED) is 0.913. The first-order valence-corrected chi connectivity index (χ1v) is 6.95. The highest BCUT2D eigenvalue weighted by molar-refractivity contribution is 7.98. The summed E-state index contributed by atoms with van der Waals surface area (Å²) in [6, 6.07) is 5.14. The Hall–Kier alpha value is -0.380. The highest BCUT2D eigenvalue weighted by Crippen LogP contribution is 2.25. The van der Waals surface area contributed by atoms with Gasteiger partial charge in [-0.1, -0.05) is 29.3 Å². The standard InChI is InChI=1S/C11H13Cl2NOS/c1-7(6-16-2)14-11(15)8-4-3-5-9(12)10(8)13/h3-5,7H,6H2,1-2H3,(H,14,15)/t7-/m0/s1. The lowest BCUT2D eigenvalue weighted by Gasteiger charge is -2.13. The van der Waals surface area contributed by atoms with Crippen molar-refractivity contribution in [3.8, 4) is 0 Å². The monoisotopic (exact) mass is 277 g/mol. The number of hydrogen-bond donors (Lipinski definition) is 1. The number of benzene rings is 1. The molecule has 0 aliphatic rings. The molecule has 1 atom stereocenters. The summed E-state index contributed by atoms with van der Waals surface area (Å²) in [5.41, 5.74) is 0.419. The Labute approximate surface area is 110 Å². The molecule has 0 aromatic heterocycles. The lowest BCUT2D eigenvalue weighted by molar-refractivity contribution is 0.0944. The van der Waals surface area contributed by atoms with Gasteiger partial charge in [-0.2, -0.15) is 11.8 Å². The van der Waals surface area contributed by atoms with Crippen molar-refractivity contribution in [2.75, 3.05) is 12.0 Å². The van der Waals surface area contributed by atoms with Gasteiger partial charge in [0.15, 0.2) is 0 Å². The van der Waals surface area contributed by atoms with Crippen LogP contribution in [0.2, 0.25) is 10.0 Å². The van der Waals surface area contributed by atoms with Crippen LogP contribution in [0.3, 0.4) is 0 Å². The van der Waals surface area contributed by atoms with Crippen molar-refractivity contribution < 1.29 is 4.79 Å². The molecular weight excluding hydrogens is 265 g/mol. The fourth-order valence-electron chi connectivity index (χ4n) is 1.27. The maximum atomic E-state index is 11.8. The lowest BCUT2D eigenvalue weighted by atomic mass is 10.2. The van der Waals surface area contributed by atoms with Crippen LogP contribution in [-0.2, 0) is 0 Å². The average molecular weight is 278 g/mol. The summed E-state index contributed by atoms with van der Waals surface area (Å²) in [5.74, 6) is 0.679. The van der Waals surface area contributed by atoms with E-state index in [1.807, 2.05) is 13.2 Å². The van der Waals surface area contributed by atoms with Gasteiger partial charge in [-0.15, -0.1) is 0 Å². The fraction of sp³-hybridized carbons (Fsp3) is 0.364. The Morgan fingerprint density at radius 3 is 2.81 bits per heavy atom. The summed E-state index contributed by atoms with van der Waals surface area (Å²) in [6.07, 6.45) is 2.00. The van der Waals surface area contributed by atoms with Crippen LogP contribution in [0, 0.1) is 0 Å². The number of carbonyl (C=O) groups is 1. The van der Waals surface area contributed by atoms with E-state index < -0.39 is 0 Å². The first-order valence-electron chi connectivity index (χ1n) is 4.80. The van der Waals surface area contributed by atoms with Gasteiger partial charge in [0.25, 0.3) is 5.91 Å². The van der Waals surface area contributed by atoms with E-state index in [2.05, 4.69) is 5.32 Å². The first-order chi connectivity index (χ1) is 7.56. The molecule has 0 radical (unpaired) electrons. The molecule has 0 spiro atoms. The van der Waals surface area contributed by atoms with Crippen LogP contribution in [0.4, 0.5) is 0 Å². The van der Waals surface area contributed by atoms with E-state index in [4.69, 9.17) is 23.2 Å². The molecule has 0 bridgehead atoms. The first kappa shape index (κ1) is 13.7. The molecule has 0 fully saturated rings. The van der Waals surface area contributed by atoms with Crippen LogP contribution in [-0.4, -0.2) is 24.0 Å². The van der Waals surface area contributed by atoms with E-state index in [-0.39, 0.29) is 11.9 Å². The Morgan fingerprint density at radius 1 is 1.50 bits per heavy atom. The largest absolute Gasteiger partial charge is 0.349 e. The molecular formula is C11H13Cl2NOS. The van der Waals surface area contributed by atoms with Gasteiger partial charge in [-0.3, -0.25) is 4.79 Å². The second-order valence-electron chi connectivity index (χ2n) is 3.43. The number of thioether (sulfide) groups is 1. The van der Waals surface area contributed by atoms with Crippen LogP contribution in [0.5, 0.6) is 0 Å². The molecule has 0 unspecified atom stereocenters. The van der Waals surface area contributed by atoms with E-state index in [0.717, 1.165) is 5.75 Å². The molecule has 2 nitrogen and oxygen atoms in total. The zero-order chi connectivity index (χ0) is 12.1. The van der Waals surface area contributed by atoms with Crippen LogP contribution < -0.4 is 5.32 Å². The number of hydrogen-bond acceptors (Lipinski definition) is 2. The van der Waals surface area contributed by atoms with Crippen molar-refractivity contribution in [1.29, 1.82) is 0 Å². The summed E-state index contributed by atoms with van der Waals surface area (Å²) in [5, 5.41) is 3.56. The molecule has 0 aliphatic carbocycles. The van der Waals surface area contributed by atoms with Gasteiger partial charge in [0.05, 0.1) is 15.6 Å². The summed E-state index contributed by atoms with van der Waals surface area (Å²) < 4.78 is 0. The molecule has 1 N–H and O–H groups in total. The Bertz CT molecular complexity index is 384. The van der Waals surface area contributed by atoms with Crippen molar-refractivity contribution in [2.24, 2.45) is 0 Å². The number of halogens is 2. The van der Waals surface area contributed by atoms with Crippen LogP contribution in [0.15, 0.2) is 18.2 Å². The smallest absolute Gasteiger partial charge is 0.253 e. The number of carbonyl (C=O) groups excluding carboxylic acids is 1. The van der Waals surface area contributed by atoms with Crippen molar-refractivity contribution >= 4 is 40.9 Å². The topological polar surface area (TPSA) is 29.1 Å². The molecule has 0 saturated carbocycles. The van der Waals surface area contributed by atoms with E-state index in [0.29, 0.717) is 15.6 Å². The minimum atomic E-state index is -0.186. The number of amides is 1. The van der Waals surface area contributed by atoms with Crippen molar-refractivity contribution in [1.82, 2.24) is 5.32 Å². The highest BCUT2D eigenvalue weighted by Gasteiger charge is 2.14. The Morgan fingerprint density at radius 2 is 2.19 bits per heavy atom. The Balaban J connectivity index is 2.77. The number of nitrogens with one attached hydrogen (secondary N) is 1. The SMILES string of the molecule is CSC[C@H](C)NC(=O)c1cccc(Cl)c1Cl. The van der Waals surface area contributed by atoms with E-state index >= 15 is 0 Å². The maximum absolute atomic E-state index is 11.8. The van der Waals surface area contributed by atoms with Gasteiger partial charge in [-0.05, 0) is 25.3 Å².